The minimum atomic E-state index is -0.526. The van der Waals surface area contributed by atoms with Crippen LogP contribution >= 0.6 is 0 Å². The Labute approximate surface area is 112 Å². The maximum Gasteiger partial charge on any atom is 0.360 e. The molecule has 0 fully saturated rings. The highest BCUT2D eigenvalue weighted by molar-refractivity contribution is 5.86. The zero-order valence-electron chi connectivity index (χ0n) is 11.8. The molecule has 1 N–H and O–H groups in total. The number of nitrogens with one attached hydrogen (secondary N) is 1. The number of amides is 1. The molecule has 0 aromatic carbocycles. The van der Waals surface area contributed by atoms with Crippen molar-refractivity contribution in [2.24, 2.45) is 5.41 Å². The van der Waals surface area contributed by atoms with E-state index in [9.17, 15) is 9.59 Å². The second kappa shape index (κ2) is 6.31. The standard InChI is InChI=1S/C12H20N4O3/c1-5-12(2,3)11(18)13-6-7-16-8-9(14-15-16)10(17)19-4/h8H,5-7H2,1-4H3,(H,13,18). The summed E-state index contributed by atoms with van der Waals surface area (Å²) in [5, 5.41) is 10.3. The van der Waals surface area contributed by atoms with Gasteiger partial charge in [-0.3, -0.25) is 4.79 Å². The van der Waals surface area contributed by atoms with E-state index in [-0.39, 0.29) is 17.0 Å². The zero-order valence-corrected chi connectivity index (χ0v) is 11.8. The van der Waals surface area contributed by atoms with Crippen molar-refractivity contribution in [1.29, 1.82) is 0 Å². The van der Waals surface area contributed by atoms with E-state index in [4.69, 9.17) is 0 Å². The predicted octanol–water partition coefficient (Wildman–Crippen LogP) is 0.617. The van der Waals surface area contributed by atoms with Gasteiger partial charge in [-0.2, -0.15) is 0 Å². The molecule has 0 bridgehead atoms. The lowest BCUT2D eigenvalue weighted by Gasteiger charge is -2.21. The number of nitrogens with zero attached hydrogens (tertiary/aromatic N) is 3. The molecular formula is C12H20N4O3. The molecule has 0 aliphatic heterocycles. The molecule has 0 unspecified atom stereocenters. The first-order chi connectivity index (χ1) is 8.90. The number of carbonyl (C=O) groups is 2. The molecule has 7 heteroatoms. The van der Waals surface area contributed by atoms with Crippen molar-refractivity contribution in [2.75, 3.05) is 13.7 Å². The van der Waals surface area contributed by atoms with Crippen molar-refractivity contribution in [1.82, 2.24) is 20.3 Å². The predicted molar refractivity (Wildman–Crippen MR) is 68.4 cm³/mol. The number of hydrogen-bond acceptors (Lipinski definition) is 5. The van der Waals surface area contributed by atoms with Crippen LogP contribution in [0.1, 0.15) is 37.7 Å². The molecule has 1 rings (SSSR count). The Kier molecular flexibility index (Phi) is 5.02. The molecule has 0 radical (unpaired) electrons. The van der Waals surface area contributed by atoms with Crippen LogP contribution in [0.5, 0.6) is 0 Å². The monoisotopic (exact) mass is 268 g/mol. The molecule has 0 saturated carbocycles. The minimum Gasteiger partial charge on any atom is -0.464 e. The third-order valence-corrected chi connectivity index (χ3v) is 3.06. The van der Waals surface area contributed by atoms with Crippen molar-refractivity contribution in [2.45, 2.75) is 33.7 Å². The van der Waals surface area contributed by atoms with Gasteiger partial charge in [0.15, 0.2) is 5.69 Å². The molecule has 0 aliphatic rings. The number of carbonyl (C=O) groups excluding carboxylic acids is 2. The highest BCUT2D eigenvalue weighted by Gasteiger charge is 2.24. The summed E-state index contributed by atoms with van der Waals surface area (Å²) in [7, 11) is 1.29. The second-order valence-electron chi connectivity index (χ2n) is 4.85. The first-order valence-electron chi connectivity index (χ1n) is 6.17. The Morgan fingerprint density at radius 3 is 2.74 bits per heavy atom. The van der Waals surface area contributed by atoms with Crippen LogP contribution in [0.3, 0.4) is 0 Å². The summed E-state index contributed by atoms with van der Waals surface area (Å²) < 4.78 is 6.02. The highest BCUT2D eigenvalue weighted by atomic mass is 16.5. The summed E-state index contributed by atoms with van der Waals surface area (Å²) >= 11 is 0. The molecule has 19 heavy (non-hydrogen) atoms. The van der Waals surface area contributed by atoms with Crippen molar-refractivity contribution < 1.29 is 14.3 Å². The fraction of sp³-hybridized carbons (Fsp3) is 0.667. The van der Waals surface area contributed by atoms with E-state index in [0.717, 1.165) is 6.42 Å². The number of hydrogen-bond donors (Lipinski definition) is 1. The van der Waals surface area contributed by atoms with Crippen LogP contribution in [-0.4, -0.2) is 40.5 Å². The van der Waals surface area contributed by atoms with E-state index in [1.165, 1.54) is 18.0 Å². The van der Waals surface area contributed by atoms with E-state index in [2.05, 4.69) is 20.4 Å². The van der Waals surface area contributed by atoms with Crippen LogP contribution in [0.15, 0.2) is 6.20 Å². The summed E-state index contributed by atoms with van der Waals surface area (Å²) in [5.41, 5.74) is -0.220. The second-order valence-corrected chi connectivity index (χ2v) is 4.85. The van der Waals surface area contributed by atoms with Gasteiger partial charge in [-0.25, -0.2) is 9.48 Å². The van der Waals surface area contributed by atoms with Crippen molar-refractivity contribution >= 4 is 11.9 Å². The molecule has 7 nitrogen and oxygen atoms in total. The Morgan fingerprint density at radius 1 is 1.47 bits per heavy atom. The van der Waals surface area contributed by atoms with Gasteiger partial charge in [0.05, 0.1) is 19.9 Å². The van der Waals surface area contributed by atoms with Crippen LogP contribution in [0.25, 0.3) is 0 Å². The average molecular weight is 268 g/mol. The van der Waals surface area contributed by atoms with E-state index in [0.29, 0.717) is 13.1 Å². The summed E-state index contributed by atoms with van der Waals surface area (Å²) in [6.07, 6.45) is 2.26. The SMILES string of the molecule is CCC(C)(C)C(=O)NCCn1cc(C(=O)OC)nn1. The van der Waals surface area contributed by atoms with Gasteiger partial charge in [0, 0.05) is 12.0 Å². The van der Waals surface area contributed by atoms with Crippen LogP contribution < -0.4 is 5.32 Å². The maximum atomic E-state index is 11.8. The fourth-order valence-corrected chi connectivity index (χ4v) is 1.29. The van der Waals surface area contributed by atoms with E-state index >= 15 is 0 Å². The molecule has 0 atom stereocenters. The van der Waals surface area contributed by atoms with Crippen LogP contribution in [-0.2, 0) is 16.1 Å². The minimum absolute atomic E-state index is 0.00306. The van der Waals surface area contributed by atoms with Crippen LogP contribution in [0.4, 0.5) is 0 Å². The van der Waals surface area contributed by atoms with Gasteiger partial charge in [-0.15, -0.1) is 5.10 Å². The molecule has 0 aliphatic carbocycles. The smallest absolute Gasteiger partial charge is 0.360 e. The molecule has 1 heterocycles. The Bertz CT molecular complexity index is 454. The van der Waals surface area contributed by atoms with E-state index in [1.54, 1.807) is 0 Å². The molecule has 0 saturated heterocycles. The lowest BCUT2D eigenvalue weighted by molar-refractivity contribution is -0.129. The summed E-state index contributed by atoms with van der Waals surface area (Å²) in [6, 6.07) is 0. The summed E-state index contributed by atoms with van der Waals surface area (Å²) in [5.74, 6) is -0.522. The normalized spacial score (nSPS) is 11.2. The number of methoxy groups -OCH3 is 1. The average Bonchev–Trinajstić information content (AvgIpc) is 2.86. The number of esters is 1. The van der Waals surface area contributed by atoms with E-state index < -0.39 is 5.97 Å². The molecule has 1 aromatic heterocycles. The molecule has 1 aromatic rings. The van der Waals surface area contributed by atoms with Gasteiger partial charge in [-0.05, 0) is 6.42 Å². The van der Waals surface area contributed by atoms with Gasteiger partial charge in [0.1, 0.15) is 0 Å². The largest absolute Gasteiger partial charge is 0.464 e. The maximum absolute atomic E-state index is 11.8. The highest BCUT2D eigenvalue weighted by Crippen LogP contribution is 2.19. The van der Waals surface area contributed by atoms with Gasteiger partial charge in [0.2, 0.25) is 5.91 Å². The number of aromatic nitrogens is 3. The lowest BCUT2D eigenvalue weighted by Crippen LogP contribution is -2.38. The zero-order chi connectivity index (χ0) is 14.5. The summed E-state index contributed by atoms with van der Waals surface area (Å²) in [4.78, 5) is 23.0. The first kappa shape index (κ1) is 15.1. The van der Waals surface area contributed by atoms with Gasteiger partial charge < -0.3 is 10.1 Å². The van der Waals surface area contributed by atoms with Crippen molar-refractivity contribution in [3.8, 4) is 0 Å². The Morgan fingerprint density at radius 2 is 2.16 bits per heavy atom. The number of rotatable bonds is 6. The third kappa shape index (κ3) is 4.04. The molecule has 106 valence electrons. The molecular weight excluding hydrogens is 248 g/mol. The van der Waals surface area contributed by atoms with Crippen molar-refractivity contribution in [3.63, 3.8) is 0 Å². The van der Waals surface area contributed by atoms with Gasteiger partial charge in [0.25, 0.3) is 0 Å². The number of ether oxygens (including phenoxy) is 1. The quantitative estimate of drug-likeness (QED) is 0.764. The van der Waals surface area contributed by atoms with Crippen molar-refractivity contribution in [3.05, 3.63) is 11.9 Å². The Balaban J connectivity index is 2.44. The molecule has 1 amide bonds. The summed E-state index contributed by atoms with van der Waals surface area (Å²) in [6.45, 7) is 6.65. The first-order valence-corrected chi connectivity index (χ1v) is 6.17. The Hall–Kier alpha value is -1.92. The fourth-order valence-electron chi connectivity index (χ4n) is 1.29. The van der Waals surface area contributed by atoms with Gasteiger partial charge >= 0.3 is 5.97 Å². The van der Waals surface area contributed by atoms with Crippen LogP contribution in [0, 0.1) is 5.41 Å². The lowest BCUT2D eigenvalue weighted by atomic mass is 9.89. The van der Waals surface area contributed by atoms with Gasteiger partial charge in [-0.1, -0.05) is 26.0 Å². The van der Waals surface area contributed by atoms with E-state index in [1.807, 2.05) is 20.8 Å². The third-order valence-electron chi connectivity index (χ3n) is 3.06. The van der Waals surface area contributed by atoms with Crippen LogP contribution in [0.2, 0.25) is 0 Å². The topological polar surface area (TPSA) is 86.1 Å². The molecule has 0 spiro atoms.